The third kappa shape index (κ3) is 3.33. The molecule has 0 spiro atoms. The van der Waals surface area contributed by atoms with E-state index in [0.29, 0.717) is 0 Å². The Morgan fingerprint density at radius 1 is 0.423 bits per heavy atom. The number of rotatable bonds is 3. The van der Waals surface area contributed by atoms with Crippen LogP contribution in [0.1, 0.15) is 22.3 Å². The molecule has 0 saturated heterocycles. The quantitative estimate of drug-likeness (QED) is 0.337. The molecule has 2 heterocycles. The summed E-state index contributed by atoms with van der Waals surface area (Å²) in [5.74, 6) is 9.68. The Bertz CT molecular complexity index is 918. The Kier molecular flexibility index (Phi) is 4.66. The molecule has 0 N–H and O–H groups in total. The maximum absolute atomic E-state index is 2.42. The van der Waals surface area contributed by atoms with E-state index in [0.717, 1.165) is 0 Å². The van der Waals surface area contributed by atoms with Crippen molar-refractivity contribution in [1.29, 1.82) is 0 Å². The molecular formula is C24H24P2. The summed E-state index contributed by atoms with van der Waals surface area (Å²) in [5.41, 5.74) is 8.31. The van der Waals surface area contributed by atoms with E-state index >= 15 is 0 Å². The van der Waals surface area contributed by atoms with Gasteiger partial charge in [-0.05, 0) is 94.9 Å². The molecule has 0 unspecified atom stereocenters. The van der Waals surface area contributed by atoms with Gasteiger partial charge in [0.25, 0.3) is 0 Å². The van der Waals surface area contributed by atoms with Crippen molar-refractivity contribution >= 4 is 15.1 Å². The van der Waals surface area contributed by atoms with Crippen molar-refractivity contribution in [2.45, 2.75) is 27.7 Å². The van der Waals surface area contributed by atoms with Crippen molar-refractivity contribution in [1.82, 2.24) is 0 Å². The lowest BCUT2D eigenvalue weighted by molar-refractivity contribution is 1.41. The summed E-state index contributed by atoms with van der Waals surface area (Å²) in [6.07, 6.45) is 0. The van der Waals surface area contributed by atoms with Gasteiger partial charge in [0.2, 0.25) is 0 Å². The fourth-order valence-electron chi connectivity index (χ4n) is 3.27. The average molecular weight is 374 g/mol. The van der Waals surface area contributed by atoms with Crippen LogP contribution in [0.25, 0.3) is 21.7 Å². The van der Waals surface area contributed by atoms with Crippen LogP contribution in [0.15, 0.2) is 71.7 Å². The minimum absolute atomic E-state index is 0.255. The fraction of sp³-hybridized carbons (Fsp3) is 0.167. The van der Waals surface area contributed by atoms with Crippen LogP contribution in [0.3, 0.4) is 0 Å². The molecule has 0 aliphatic heterocycles. The van der Waals surface area contributed by atoms with Gasteiger partial charge in [-0.15, -0.1) is 0 Å². The third-order valence-electron chi connectivity index (χ3n) is 5.24. The van der Waals surface area contributed by atoms with Crippen molar-refractivity contribution < 1.29 is 0 Å². The summed E-state index contributed by atoms with van der Waals surface area (Å²) in [7, 11) is -0.509. The Hall–Kier alpha value is -2.00. The highest BCUT2D eigenvalue weighted by Crippen LogP contribution is 2.44. The van der Waals surface area contributed by atoms with E-state index in [1.165, 1.54) is 44.0 Å². The minimum Gasteiger partial charge on any atom is -0.0929 e. The molecular weight excluding hydrogens is 350 g/mol. The number of hydrogen-bond donors (Lipinski definition) is 0. The topological polar surface area (TPSA) is 0 Å². The number of hydrogen-bond acceptors (Lipinski definition) is 0. The predicted octanol–water partition coefficient (Wildman–Crippen LogP) is 8.54. The van der Waals surface area contributed by atoms with Gasteiger partial charge in [-0.1, -0.05) is 63.6 Å². The molecule has 0 aliphatic rings. The Balaban J connectivity index is 1.59. The van der Waals surface area contributed by atoms with Gasteiger partial charge in [-0.25, -0.2) is 0 Å². The monoisotopic (exact) mass is 374 g/mol. The zero-order chi connectivity index (χ0) is 18.3. The highest BCUT2D eigenvalue weighted by atomic mass is 31.1. The van der Waals surface area contributed by atoms with Crippen molar-refractivity contribution in [3.63, 3.8) is 0 Å². The highest BCUT2D eigenvalue weighted by Gasteiger charge is 2.05. The zero-order valence-electron chi connectivity index (χ0n) is 15.8. The first-order valence-electron chi connectivity index (χ1n) is 9.03. The van der Waals surface area contributed by atoms with Crippen molar-refractivity contribution in [3.8, 4) is 21.7 Å². The van der Waals surface area contributed by atoms with E-state index in [1.54, 1.807) is 0 Å². The molecule has 130 valence electrons. The summed E-state index contributed by atoms with van der Waals surface area (Å²) in [6, 6.07) is 18.3. The molecule has 4 aromatic rings. The molecule has 0 fully saturated rings. The second-order valence-corrected chi connectivity index (χ2v) is 10.9. The summed E-state index contributed by atoms with van der Waals surface area (Å²) in [6.45, 7) is 8.85. The van der Waals surface area contributed by atoms with E-state index in [4.69, 9.17) is 0 Å². The number of benzene rings is 2. The summed E-state index contributed by atoms with van der Waals surface area (Å²) in [4.78, 5) is 0. The highest BCUT2D eigenvalue weighted by molar-refractivity contribution is 7.56. The molecule has 0 atom stereocenters. The van der Waals surface area contributed by atoms with Gasteiger partial charge in [-0.3, -0.25) is 0 Å². The van der Waals surface area contributed by atoms with Crippen LogP contribution in [0.2, 0.25) is 0 Å². The first kappa shape index (κ1) is 17.4. The third-order valence-corrected chi connectivity index (χ3v) is 9.69. The summed E-state index contributed by atoms with van der Waals surface area (Å²) >= 11 is 0. The van der Waals surface area contributed by atoms with Crippen LogP contribution < -0.4 is 0 Å². The van der Waals surface area contributed by atoms with E-state index in [9.17, 15) is 0 Å². The smallest absolute Gasteiger partial charge is 0.00213 e. The lowest BCUT2D eigenvalue weighted by atomic mass is 10.1. The fourth-order valence-corrected chi connectivity index (χ4v) is 7.48. The molecule has 0 bridgehead atoms. The standard InChI is InChI=1S/C24H24P2/c1-17-13-25(14-18(17)2)23-9-5-21(6-10-23)22-7-11-24(12-8-22)26-15-19(3)20(4)16-26/h5-16H,1-4H3. The van der Waals surface area contributed by atoms with E-state index in [1.807, 2.05) is 0 Å². The second-order valence-electron chi connectivity index (χ2n) is 7.16. The molecule has 4 rings (SSSR count). The SMILES string of the molecule is Cc1cp(-c2ccc(-c3ccc(-p4cc(C)c(C)c4)cc3)cc2)cc1C. The van der Waals surface area contributed by atoms with Gasteiger partial charge < -0.3 is 0 Å². The largest absolute Gasteiger partial charge is 0.0929 e. The molecule has 0 aliphatic carbocycles. The normalized spacial score (nSPS) is 11.1. The molecule has 2 aromatic carbocycles. The predicted molar refractivity (Wildman–Crippen MR) is 119 cm³/mol. The molecule has 0 nitrogen and oxygen atoms in total. The first-order valence-corrected chi connectivity index (χ1v) is 12.0. The Labute approximate surface area is 158 Å². The lowest BCUT2D eigenvalue weighted by Crippen LogP contribution is -1.77. The summed E-state index contributed by atoms with van der Waals surface area (Å²) < 4.78 is 0. The zero-order valence-corrected chi connectivity index (χ0v) is 17.6. The second kappa shape index (κ2) is 6.96. The van der Waals surface area contributed by atoms with Crippen molar-refractivity contribution in [2.75, 3.05) is 0 Å². The molecule has 0 amide bonds. The average Bonchev–Trinajstić information content (AvgIpc) is 3.17. The van der Waals surface area contributed by atoms with Crippen LogP contribution in [0.4, 0.5) is 0 Å². The Morgan fingerprint density at radius 2 is 0.692 bits per heavy atom. The molecule has 26 heavy (non-hydrogen) atoms. The van der Waals surface area contributed by atoms with Crippen molar-refractivity contribution in [3.05, 3.63) is 94.0 Å². The lowest BCUT2D eigenvalue weighted by Gasteiger charge is -2.06. The molecule has 2 heteroatoms. The van der Waals surface area contributed by atoms with Gasteiger partial charge in [0.05, 0.1) is 0 Å². The molecule has 0 saturated carbocycles. The molecule has 0 radical (unpaired) electrons. The van der Waals surface area contributed by atoms with Crippen LogP contribution in [-0.2, 0) is 0 Å². The van der Waals surface area contributed by atoms with Gasteiger partial charge >= 0.3 is 0 Å². The van der Waals surface area contributed by atoms with Gasteiger partial charge in [0, 0.05) is 0 Å². The van der Waals surface area contributed by atoms with Gasteiger partial charge in [-0.2, -0.15) is 0 Å². The van der Waals surface area contributed by atoms with Gasteiger partial charge in [0.15, 0.2) is 0 Å². The van der Waals surface area contributed by atoms with Crippen LogP contribution in [-0.4, -0.2) is 0 Å². The van der Waals surface area contributed by atoms with Gasteiger partial charge in [0.1, 0.15) is 0 Å². The Morgan fingerprint density at radius 3 is 0.962 bits per heavy atom. The van der Waals surface area contributed by atoms with Crippen LogP contribution in [0.5, 0.6) is 0 Å². The van der Waals surface area contributed by atoms with E-state index in [2.05, 4.69) is 99.4 Å². The van der Waals surface area contributed by atoms with Crippen molar-refractivity contribution in [2.24, 2.45) is 0 Å². The molecule has 2 aromatic heterocycles. The van der Waals surface area contributed by atoms with E-state index in [-0.39, 0.29) is 15.1 Å². The summed E-state index contributed by atoms with van der Waals surface area (Å²) in [5, 5.41) is 2.87. The van der Waals surface area contributed by atoms with Crippen LogP contribution in [0, 0.1) is 27.7 Å². The first-order chi connectivity index (χ1) is 12.5. The van der Waals surface area contributed by atoms with E-state index < -0.39 is 0 Å². The number of aryl methyl sites for hydroxylation is 4. The van der Waals surface area contributed by atoms with Crippen LogP contribution >= 0.6 is 15.1 Å². The maximum Gasteiger partial charge on any atom is -0.00213 e. The maximum atomic E-state index is 2.42. The minimum atomic E-state index is -0.255.